The number of rotatable bonds is 3. The Bertz CT molecular complexity index is 586. The number of benzene rings is 2. The standard InChI is InChI=1S/C17H17NOS/c19-17(16(20)10-13-6-2-1-3-7-13)18-11-14-8-4-5-9-15(14)12-18/h1-9,16,20H,10-12H2. The zero-order chi connectivity index (χ0) is 13.9. The van der Waals surface area contributed by atoms with E-state index in [4.69, 9.17) is 0 Å². The van der Waals surface area contributed by atoms with E-state index in [1.54, 1.807) is 0 Å². The van der Waals surface area contributed by atoms with Gasteiger partial charge < -0.3 is 4.90 Å². The minimum Gasteiger partial charge on any atom is -0.333 e. The second-order valence-electron chi connectivity index (χ2n) is 5.17. The summed E-state index contributed by atoms with van der Waals surface area (Å²) in [5, 5.41) is -0.272. The molecule has 2 aromatic carbocycles. The molecule has 1 atom stereocenters. The Morgan fingerprint density at radius 1 is 1.00 bits per heavy atom. The summed E-state index contributed by atoms with van der Waals surface area (Å²) in [6, 6.07) is 18.3. The topological polar surface area (TPSA) is 20.3 Å². The Kier molecular flexibility index (Phi) is 3.79. The fraction of sp³-hybridized carbons (Fsp3) is 0.235. The molecular formula is C17H17NOS. The Labute approximate surface area is 124 Å². The van der Waals surface area contributed by atoms with Crippen molar-refractivity contribution in [3.05, 3.63) is 71.3 Å². The van der Waals surface area contributed by atoms with Crippen molar-refractivity contribution in [2.75, 3.05) is 0 Å². The predicted molar refractivity (Wildman–Crippen MR) is 83.6 cm³/mol. The van der Waals surface area contributed by atoms with Crippen LogP contribution in [0.4, 0.5) is 0 Å². The molecule has 3 rings (SSSR count). The summed E-state index contributed by atoms with van der Waals surface area (Å²) < 4.78 is 0. The van der Waals surface area contributed by atoms with E-state index in [0.717, 1.165) is 5.56 Å². The summed E-state index contributed by atoms with van der Waals surface area (Å²) in [4.78, 5) is 14.4. The van der Waals surface area contributed by atoms with Gasteiger partial charge in [0.2, 0.25) is 5.91 Å². The number of hydrogen-bond acceptors (Lipinski definition) is 2. The fourth-order valence-corrected chi connectivity index (χ4v) is 3.00. The van der Waals surface area contributed by atoms with Crippen LogP contribution in [0.15, 0.2) is 54.6 Å². The van der Waals surface area contributed by atoms with Gasteiger partial charge in [-0.2, -0.15) is 12.6 Å². The number of carbonyl (C=O) groups excluding carboxylic acids is 1. The van der Waals surface area contributed by atoms with E-state index >= 15 is 0 Å². The Hall–Kier alpha value is -1.74. The van der Waals surface area contributed by atoms with Gasteiger partial charge in [-0.1, -0.05) is 54.6 Å². The normalized spacial score (nSPS) is 14.9. The maximum atomic E-state index is 12.5. The van der Waals surface area contributed by atoms with Crippen molar-refractivity contribution >= 4 is 18.5 Å². The quantitative estimate of drug-likeness (QED) is 0.858. The summed E-state index contributed by atoms with van der Waals surface area (Å²) in [7, 11) is 0. The molecule has 3 heteroatoms. The molecule has 0 bridgehead atoms. The monoisotopic (exact) mass is 283 g/mol. The van der Waals surface area contributed by atoms with E-state index in [9.17, 15) is 4.79 Å². The number of carbonyl (C=O) groups is 1. The highest BCUT2D eigenvalue weighted by atomic mass is 32.1. The van der Waals surface area contributed by atoms with E-state index in [1.807, 2.05) is 47.4 Å². The van der Waals surface area contributed by atoms with Gasteiger partial charge in [-0.15, -0.1) is 0 Å². The maximum Gasteiger partial charge on any atom is 0.236 e. The van der Waals surface area contributed by atoms with Crippen LogP contribution in [0.5, 0.6) is 0 Å². The molecule has 0 spiro atoms. The van der Waals surface area contributed by atoms with Crippen LogP contribution in [0.2, 0.25) is 0 Å². The fourth-order valence-electron chi connectivity index (χ4n) is 2.62. The molecule has 2 aromatic rings. The molecule has 1 amide bonds. The van der Waals surface area contributed by atoms with Crippen molar-refractivity contribution in [3.8, 4) is 0 Å². The number of nitrogens with zero attached hydrogens (tertiary/aromatic N) is 1. The van der Waals surface area contributed by atoms with Crippen LogP contribution in [0.1, 0.15) is 16.7 Å². The summed E-state index contributed by atoms with van der Waals surface area (Å²) in [6.07, 6.45) is 0.676. The molecule has 0 fully saturated rings. The zero-order valence-corrected chi connectivity index (χ0v) is 12.1. The molecule has 1 aliphatic rings. The highest BCUT2D eigenvalue weighted by Gasteiger charge is 2.26. The van der Waals surface area contributed by atoms with Gasteiger partial charge in [-0.3, -0.25) is 4.79 Å². The van der Waals surface area contributed by atoms with E-state index in [2.05, 4.69) is 24.8 Å². The number of thiol groups is 1. The third kappa shape index (κ3) is 2.73. The average molecular weight is 283 g/mol. The van der Waals surface area contributed by atoms with Gasteiger partial charge >= 0.3 is 0 Å². The first-order chi connectivity index (χ1) is 9.74. The van der Waals surface area contributed by atoms with Gasteiger partial charge in [0.25, 0.3) is 0 Å². The molecule has 20 heavy (non-hydrogen) atoms. The second kappa shape index (κ2) is 5.71. The van der Waals surface area contributed by atoms with Crippen LogP contribution in [0.3, 0.4) is 0 Å². The molecule has 0 aliphatic carbocycles. The predicted octanol–water partition coefficient (Wildman–Crippen LogP) is 3.07. The van der Waals surface area contributed by atoms with Crippen LogP contribution < -0.4 is 0 Å². The molecule has 0 saturated carbocycles. The van der Waals surface area contributed by atoms with Gasteiger partial charge in [0.05, 0.1) is 5.25 Å². The third-order valence-electron chi connectivity index (χ3n) is 3.71. The summed E-state index contributed by atoms with van der Waals surface area (Å²) in [6.45, 7) is 1.42. The van der Waals surface area contributed by atoms with Crippen molar-refractivity contribution in [3.63, 3.8) is 0 Å². The molecule has 2 nitrogen and oxygen atoms in total. The van der Waals surface area contributed by atoms with Crippen LogP contribution in [0.25, 0.3) is 0 Å². The third-order valence-corrected chi connectivity index (χ3v) is 4.11. The first-order valence-corrected chi connectivity index (χ1v) is 7.33. The number of amides is 1. The van der Waals surface area contributed by atoms with E-state index in [0.29, 0.717) is 19.5 Å². The van der Waals surface area contributed by atoms with Crippen LogP contribution >= 0.6 is 12.6 Å². The molecule has 1 unspecified atom stereocenters. The van der Waals surface area contributed by atoms with E-state index < -0.39 is 0 Å². The minimum absolute atomic E-state index is 0.119. The summed E-state index contributed by atoms with van der Waals surface area (Å²) in [5.41, 5.74) is 3.65. The van der Waals surface area contributed by atoms with Gasteiger partial charge in [0.1, 0.15) is 0 Å². The van der Waals surface area contributed by atoms with Crippen molar-refractivity contribution < 1.29 is 4.79 Å². The average Bonchev–Trinajstić information content (AvgIpc) is 2.91. The molecule has 0 radical (unpaired) electrons. The van der Waals surface area contributed by atoms with Gasteiger partial charge in [0.15, 0.2) is 0 Å². The number of hydrogen-bond donors (Lipinski definition) is 1. The van der Waals surface area contributed by atoms with E-state index in [-0.39, 0.29) is 11.2 Å². The van der Waals surface area contributed by atoms with Crippen LogP contribution in [0, 0.1) is 0 Å². The van der Waals surface area contributed by atoms with Crippen molar-refractivity contribution in [2.24, 2.45) is 0 Å². The smallest absolute Gasteiger partial charge is 0.236 e. The van der Waals surface area contributed by atoms with Crippen LogP contribution in [-0.2, 0) is 24.3 Å². The van der Waals surface area contributed by atoms with Crippen molar-refractivity contribution in [1.82, 2.24) is 4.90 Å². The SMILES string of the molecule is O=C(C(S)Cc1ccccc1)N1Cc2ccccc2C1. The summed E-state index contributed by atoms with van der Waals surface area (Å²) >= 11 is 4.50. The Balaban J connectivity index is 1.66. The highest BCUT2D eigenvalue weighted by Crippen LogP contribution is 2.24. The lowest BCUT2D eigenvalue weighted by molar-refractivity contribution is -0.131. The number of fused-ring (bicyclic) bond motifs is 1. The first kappa shape index (κ1) is 13.3. The lowest BCUT2D eigenvalue weighted by atomic mass is 10.1. The summed E-state index contributed by atoms with van der Waals surface area (Å²) in [5.74, 6) is 0.119. The van der Waals surface area contributed by atoms with Crippen molar-refractivity contribution in [2.45, 2.75) is 24.8 Å². The Morgan fingerprint density at radius 3 is 2.15 bits per heavy atom. The second-order valence-corrected chi connectivity index (χ2v) is 5.79. The molecule has 1 aliphatic heterocycles. The van der Waals surface area contributed by atoms with E-state index in [1.165, 1.54) is 11.1 Å². The Morgan fingerprint density at radius 2 is 1.55 bits per heavy atom. The lowest BCUT2D eigenvalue weighted by Gasteiger charge is -2.20. The molecule has 0 aromatic heterocycles. The van der Waals surface area contributed by atoms with Gasteiger partial charge in [0, 0.05) is 13.1 Å². The molecular weight excluding hydrogens is 266 g/mol. The van der Waals surface area contributed by atoms with Gasteiger partial charge in [-0.05, 0) is 23.1 Å². The van der Waals surface area contributed by atoms with Gasteiger partial charge in [-0.25, -0.2) is 0 Å². The minimum atomic E-state index is -0.272. The lowest BCUT2D eigenvalue weighted by Crippen LogP contribution is -2.33. The molecule has 1 heterocycles. The zero-order valence-electron chi connectivity index (χ0n) is 11.2. The van der Waals surface area contributed by atoms with Crippen molar-refractivity contribution in [1.29, 1.82) is 0 Å². The molecule has 0 saturated heterocycles. The largest absolute Gasteiger partial charge is 0.333 e. The van der Waals surface area contributed by atoms with Crippen LogP contribution in [-0.4, -0.2) is 16.1 Å². The maximum absolute atomic E-state index is 12.5. The molecule has 102 valence electrons. The first-order valence-electron chi connectivity index (χ1n) is 6.81. The molecule has 0 N–H and O–H groups in total. The highest BCUT2D eigenvalue weighted by molar-refractivity contribution is 7.81.